The molecule has 3 heteroatoms. The predicted octanol–water partition coefficient (Wildman–Crippen LogP) is 0.818. The molecule has 0 heterocycles. The van der Waals surface area contributed by atoms with E-state index in [2.05, 4.69) is 18.9 Å². The van der Waals surface area contributed by atoms with Crippen LogP contribution in [0.25, 0.3) is 0 Å². The van der Waals surface area contributed by atoms with E-state index < -0.39 is 0 Å². The van der Waals surface area contributed by atoms with Gasteiger partial charge in [0, 0.05) is 18.6 Å². The monoisotopic (exact) mass is 200 g/mol. The van der Waals surface area contributed by atoms with Gasteiger partial charge in [0.2, 0.25) is 0 Å². The maximum absolute atomic E-state index is 8.96. The van der Waals surface area contributed by atoms with E-state index >= 15 is 0 Å². The summed E-state index contributed by atoms with van der Waals surface area (Å²) in [5, 5.41) is 8.96. The van der Waals surface area contributed by atoms with Gasteiger partial charge in [-0.25, -0.2) is 0 Å². The average Bonchev–Trinajstić information content (AvgIpc) is 2.18. The summed E-state index contributed by atoms with van der Waals surface area (Å²) in [6.07, 6.45) is 4.97. The normalized spacial score (nSPS) is 33.6. The second-order valence-electron chi connectivity index (χ2n) is 4.78. The number of β-amino-alcohol motifs (C(OH)–C–C–N with tert-alkyl or cyclic N) is 1. The van der Waals surface area contributed by atoms with Crippen molar-refractivity contribution in [3.8, 4) is 0 Å². The molecule has 0 aromatic carbocycles. The average molecular weight is 200 g/mol. The SMILES string of the molecule is CC1CCCC(CN)(N(C)CCO)C1. The number of hydrogen-bond donors (Lipinski definition) is 2. The predicted molar refractivity (Wildman–Crippen MR) is 59.1 cm³/mol. The highest BCUT2D eigenvalue weighted by molar-refractivity contribution is 4.94. The van der Waals surface area contributed by atoms with Crippen molar-refractivity contribution in [2.75, 3.05) is 26.7 Å². The van der Waals surface area contributed by atoms with E-state index in [1.165, 1.54) is 25.7 Å². The summed E-state index contributed by atoms with van der Waals surface area (Å²) >= 11 is 0. The van der Waals surface area contributed by atoms with E-state index in [0.717, 1.165) is 12.5 Å². The molecule has 0 aliphatic heterocycles. The van der Waals surface area contributed by atoms with E-state index in [4.69, 9.17) is 10.8 Å². The zero-order valence-corrected chi connectivity index (χ0v) is 9.50. The quantitative estimate of drug-likeness (QED) is 0.706. The molecule has 2 unspecified atom stereocenters. The second kappa shape index (κ2) is 5.10. The van der Waals surface area contributed by atoms with Gasteiger partial charge < -0.3 is 10.8 Å². The van der Waals surface area contributed by atoms with Crippen molar-refractivity contribution >= 4 is 0 Å². The van der Waals surface area contributed by atoms with Gasteiger partial charge in [0.05, 0.1) is 6.61 Å². The molecular weight excluding hydrogens is 176 g/mol. The smallest absolute Gasteiger partial charge is 0.0558 e. The van der Waals surface area contributed by atoms with Crippen LogP contribution in [0.4, 0.5) is 0 Å². The summed E-state index contributed by atoms with van der Waals surface area (Å²) in [5.74, 6) is 0.772. The van der Waals surface area contributed by atoms with Gasteiger partial charge in [-0.15, -0.1) is 0 Å². The fraction of sp³-hybridized carbons (Fsp3) is 1.00. The summed E-state index contributed by atoms with van der Waals surface area (Å²) in [6.45, 7) is 3.99. The van der Waals surface area contributed by atoms with Gasteiger partial charge in [0.25, 0.3) is 0 Å². The molecule has 0 spiro atoms. The third-order valence-corrected chi connectivity index (χ3v) is 3.69. The van der Waals surface area contributed by atoms with Gasteiger partial charge >= 0.3 is 0 Å². The van der Waals surface area contributed by atoms with Crippen molar-refractivity contribution in [1.29, 1.82) is 0 Å². The molecular formula is C11H24N2O. The number of rotatable bonds is 4. The number of hydrogen-bond acceptors (Lipinski definition) is 3. The molecule has 2 atom stereocenters. The molecule has 0 bridgehead atoms. The van der Waals surface area contributed by atoms with Crippen LogP contribution in [0.15, 0.2) is 0 Å². The topological polar surface area (TPSA) is 49.5 Å². The fourth-order valence-corrected chi connectivity index (χ4v) is 2.71. The van der Waals surface area contributed by atoms with Crippen LogP contribution < -0.4 is 5.73 Å². The fourth-order valence-electron chi connectivity index (χ4n) is 2.71. The molecule has 84 valence electrons. The Bertz CT molecular complexity index is 175. The van der Waals surface area contributed by atoms with Gasteiger partial charge in [-0.3, -0.25) is 4.90 Å². The van der Waals surface area contributed by atoms with Crippen molar-refractivity contribution < 1.29 is 5.11 Å². The molecule has 0 radical (unpaired) electrons. The van der Waals surface area contributed by atoms with Crippen LogP contribution in [0, 0.1) is 5.92 Å². The maximum Gasteiger partial charge on any atom is 0.0558 e. The van der Waals surface area contributed by atoms with E-state index in [-0.39, 0.29) is 12.1 Å². The molecule has 0 aromatic heterocycles. The molecule has 1 aliphatic carbocycles. The summed E-state index contributed by atoms with van der Waals surface area (Å²) in [5.41, 5.74) is 6.06. The lowest BCUT2D eigenvalue weighted by molar-refractivity contribution is 0.0480. The summed E-state index contributed by atoms with van der Waals surface area (Å²) in [4.78, 5) is 2.25. The second-order valence-corrected chi connectivity index (χ2v) is 4.78. The molecule has 0 aromatic rings. The highest BCUT2D eigenvalue weighted by Crippen LogP contribution is 2.35. The minimum absolute atomic E-state index is 0.153. The van der Waals surface area contributed by atoms with Crippen LogP contribution in [0.3, 0.4) is 0 Å². The molecule has 1 saturated carbocycles. The number of nitrogens with two attached hydrogens (primary N) is 1. The zero-order chi connectivity index (χ0) is 10.6. The third-order valence-electron chi connectivity index (χ3n) is 3.69. The van der Waals surface area contributed by atoms with E-state index in [1.807, 2.05) is 0 Å². The summed E-state index contributed by atoms with van der Waals surface area (Å²) < 4.78 is 0. The molecule has 0 saturated heterocycles. The van der Waals surface area contributed by atoms with E-state index in [1.54, 1.807) is 0 Å². The molecule has 1 aliphatic rings. The van der Waals surface area contributed by atoms with Gasteiger partial charge in [-0.05, 0) is 25.8 Å². The first-order valence-electron chi connectivity index (χ1n) is 5.67. The highest BCUT2D eigenvalue weighted by Gasteiger charge is 2.36. The van der Waals surface area contributed by atoms with Crippen LogP contribution in [-0.4, -0.2) is 42.3 Å². The molecule has 3 N–H and O–H groups in total. The lowest BCUT2D eigenvalue weighted by Gasteiger charge is -2.46. The molecule has 1 rings (SSSR count). The Morgan fingerprint density at radius 3 is 2.79 bits per heavy atom. The van der Waals surface area contributed by atoms with Crippen molar-refractivity contribution in [2.24, 2.45) is 11.7 Å². The van der Waals surface area contributed by atoms with Gasteiger partial charge in [0.1, 0.15) is 0 Å². The summed E-state index contributed by atoms with van der Waals surface area (Å²) in [6, 6.07) is 0. The number of aliphatic hydroxyl groups is 1. The standard InChI is InChI=1S/C11H24N2O/c1-10-4-3-5-11(8-10,9-12)13(2)6-7-14/h10,14H,3-9,12H2,1-2H3. The van der Waals surface area contributed by atoms with Gasteiger partial charge in [-0.1, -0.05) is 19.8 Å². The molecule has 14 heavy (non-hydrogen) atoms. The minimum Gasteiger partial charge on any atom is -0.395 e. The van der Waals surface area contributed by atoms with Crippen molar-refractivity contribution in [3.63, 3.8) is 0 Å². The molecule has 3 nitrogen and oxygen atoms in total. The lowest BCUT2D eigenvalue weighted by Crippen LogP contribution is -2.55. The van der Waals surface area contributed by atoms with E-state index in [9.17, 15) is 0 Å². The number of aliphatic hydroxyl groups excluding tert-OH is 1. The van der Waals surface area contributed by atoms with Crippen molar-refractivity contribution in [3.05, 3.63) is 0 Å². The van der Waals surface area contributed by atoms with Crippen LogP contribution in [0.5, 0.6) is 0 Å². The highest BCUT2D eigenvalue weighted by atomic mass is 16.3. The Kier molecular flexibility index (Phi) is 4.35. The van der Waals surface area contributed by atoms with Gasteiger partial charge in [0.15, 0.2) is 0 Å². The van der Waals surface area contributed by atoms with Crippen LogP contribution in [-0.2, 0) is 0 Å². The first-order chi connectivity index (χ1) is 6.64. The Morgan fingerprint density at radius 1 is 1.57 bits per heavy atom. The summed E-state index contributed by atoms with van der Waals surface area (Å²) in [7, 11) is 2.08. The largest absolute Gasteiger partial charge is 0.395 e. The first-order valence-corrected chi connectivity index (χ1v) is 5.67. The Hall–Kier alpha value is -0.120. The minimum atomic E-state index is 0.153. The van der Waals surface area contributed by atoms with Crippen LogP contribution in [0.1, 0.15) is 32.6 Å². The van der Waals surface area contributed by atoms with Crippen LogP contribution >= 0.6 is 0 Å². The van der Waals surface area contributed by atoms with E-state index in [0.29, 0.717) is 6.54 Å². The Morgan fingerprint density at radius 2 is 2.29 bits per heavy atom. The Labute approximate surface area is 87.3 Å². The molecule has 0 amide bonds. The maximum atomic E-state index is 8.96. The number of nitrogens with zero attached hydrogens (tertiary/aromatic N) is 1. The van der Waals surface area contributed by atoms with Crippen molar-refractivity contribution in [1.82, 2.24) is 4.90 Å². The lowest BCUT2D eigenvalue weighted by atomic mass is 9.75. The zero-order valence-electron chi connectivity index (χ0n) is 9.50. The first kappa shape index (κ1) is 12.0. The van der Waals surface area contributed by atoms with Crippen LogP contribution in [0.2, 0.25) is 0 Å². The van der Waals surface area contributed by atoms with Crippen molar-refractivity contribution in [2.45, 2.75) is 38.1 Å². The van der Waals surface area contributed by atoms with Gasteiger partial charge in [-0.2, -0.15) is 0 Å². The third kappa shape index (κ3) is 2.47. The number of likely N-dealkylation sites (N-methyl/N-ethyl adjacent to an activating group) is 1. The Balaban J connectivity index is 2.63. The molecule has 1 fully saturated rings.